The molecule has 0 unspecified atom stereocenters. The number of benzene rings is 1. The second kappa shape index (κ2) is 8.35. The van der Waals surface area contributed by atoms with Crippen molar-refractivity contribution in [2.75, 3.05) is 19.8 Å². The van der Waals surface area contributed by atoms with E-state index in [-0.39, 0.29) is 22.4 Å². The van der Waals surface area contributed by atoms with E-state index in [4.69, 9.17) is 4.74 Å². The first-order chi connectivity index (χ1) is 12.5. The van der Waals surface area contributed by atoms with Gasteiger partial charge in [-0.2, -0.15) is 0 Å². The van der Waals surface area contributed by atoms with Gasteiger partial charge in [-0.25, -0.2) is 13.1 Å². The van der Waals surface area contributed by atoms with E-state index >= 15 is 0 Å². The molecule has 1 amide bonds. The van der Waals surface area contributed by atoms with Crippen LogP contribution in [0.3, 0.4) is 0 Å². The molecule has 1 aliphatic heterocycles. The largest absolute Gasteiger partial charge is 0.380 e. The third-order valence-electron chi connectivity index (χ3n) is 3.94. The second-order valence-electron chi connectivity index (χ2n) is 5.91. The number of rotatable bonds is 7. The van der Waals surface area contributed by atoms with Crippen molar-refractivity contribution in [3.05, 3.63) is 54.1 Å². The van der Waals surface area contributed by atoms with Gasteiger partial charge in [0.25, 0.3) is 5.91 Å². The number of ether oxygens (including phenoxy) is 1. The Labute approximate surface area is 152 Å². The van der Waals surface area contributed by atoms with Gasteiger partial charge < -0.3 is 10.1 Å². The molecule has 3 rings (SSSR count). The van der Waals surface area contributed by atoms with Crippen LogP contribution < -0.4 is 10.0 Å². The van der Waals surface area contributed by atoms with Gasteiger partial charge in [-0.3, -0.25) is 14.8 Å². The molecular weight excluding hydrogens is 356 g/mol. The monoisotopic (exact) mass is 376 g/mol. The van der Waals surface area contributed by atoms with Crippen LogP contribution in [-0.4, -0.2) is 50.1 Å². The van der Waals surface area contributed by atoms with Gasteiger partial charge >= 0.3 is 0 Å². The zero-order valence-corrected chi connectivity index (χ0v) is 14.9. The molecule has 8 nitrogen and oxygen atoms in total. The topological polar surface area (TPSA) is 110 Å². The lowest BCUT2D eigenvalue weighted by Gasteiger charge is -2.12. The average molecular weight is 376 g/mol. The van der Waals surface area contributed by atoms with Crippen LogP contribution in [0.25, 0.3) is 0 Å². The summed E-state index contributed by atoms with van der Waals surface area (Å²) in [6, 6.07) is 5.74. The van der Waals surface area contributed by atoms with Gasteiger partial charge in [-0.1, -0.05) is 6.07 Å². The number of nitrogens with zero attached hydrogens (tertiary/aromatic N) is 2. The van der Waals surface area contributed by atoms with Crippen LogP contribution >= 0.6 is 0 Å². The summed E-state index contributed by atoms with van der Waals surface area (Å²) in [6.45, 7) is 1.29. The van der Waals surface area contributed by atoms with E-state index in [0.717, 1.165) is 5.69 Å². The molecule has 138 valence electrons. The molecule has 2 heterocycles. The first-order valence-electron chi connectivity index (χ1n) is 8.28. The summed E-state index contributed by atoms with van der Waals surface area (Å²) >= 11 is 0. The standard InChI is InChI=1S/C17H20N4O4S/c22-17(20-6-4-14-11-18-7-8-19-14)13-2-1-3-16(10-13)26(23,24)21-15-5-9-25-12-15/h1-3,7-8,10-11,15,21H,4-6,9,12H2,(H,20,22)/t15-/m0/s1. The first kappa shape index (κ1) is 18.4. The highest BCUT2D eigenvalue weighted by Crippen LogP contribution is 2.14. The third kappa shape index (κ3) is 4.84. The molecule has 1 aromatic carbocycles. The molecule has 1 atom stereocenters. The summed E-state index contributed by atoms with van der Waals surface area (Å²) in [4.78, 5) is 20.4. The van der Waals surface area contributed by atoms with Crippen molar-refractivity contribution >= 4 is 15.9 Å². The van der Waals surface area contributed by atoms with Crippen LogP contribution in [0.4, 0.5) is 0 Å². The average Bonchev–Trinajstić information content (AvgIpc) is 3.15. The fourth-order valence-corrected chi connectivity index (χ4v) is 3.89. The minimum Gasteiger partial charge on any atom is -0.380 e. The minimum atomic E-state index is -3.69. The van der Waals surface area contributed by atoms with Crippen LogP contribution in [0.5, 0.6) is 0 Å². The van der Waals surface area contributed by atoms with E-state index in [0.29, 0.717) is 32.6 Å². The lowest BCUT2D eigenvalue weighted by atomic mass is 10.2. The first-order valence-corrected chi connectivity index (χ1v) is 9.76. The molecule has 1 aromatic heterocycles. The smallest absolute Gasteiger partial charge is 0.251 e. The van der Waals surface area contributed by atoms with Crippen molar-refractivity contribution in [3.8, 4) is 0 Å². The normalized spacial score (nSPS) is 17.2. The zero-order chi connectivity index (χ0) is 18.4. The molecular formula is C17H20N4O4S. The Hall–Kier alpha value is -2.36. The Morgan fingerprint density at radius 1 is 1.31 bits per heavy atom. The predicted octanol–water partition coefficient (Wildman–Crippen LogP) is 0.516. The highest BCUT2D eigenvalue weighted by molar-refractivity contribution is 7.89. The van der Waals surface area contributed by atoms with Crippen LogP contribution in [0.2, 0.25) is 0 Å². The van der Waals surface area contributed by atoms with Crippen molar-refractivity contribution in [1.82, 2.24) is 20.0 Å². The number of hydrogen-bond donors (Lipinski definition) is 2. The SMILES string of the molecule is O=C(NCCc1cnccn1)c1cccc(S(=O)(=O)N[C@H]2CCOC2)c1. The number of hydrogen-bond acceptors (Lipinski definition) is 6. The van der Waals surface area contributed by atoms with Gasteiger partial charge in [0.05, 0.1) is 17.2 Å². The minimum absolute atomic E-state index is 0.0611. The Balaban J connectivity index is 1.61. The fourth-order valence-electron chi connectivity index (χ4n) is 2.58. The zero-order valence-electron chi connectivity index (χ0n) is 14.1. The maximum Gasteiger partial charge on any atom is 0.251 e. The van der Waals surface area contributed by atoms with Crippen molar-refractivity contribution in [1.29, 1.82) is 0 Å². The van der Waals surface area contributed by atoms with E-state index < -0.39 is 10.0 Å². The molecule has 1 fully saturated rings. The number of carbonyl (C=O) groups excluding carboxylic acids is 1. The summed E-state index contributed by atoms with van der Waals surface area (Å²) in [5.41, 5.74) is 1.06. The van der Waals surface area contributed by atoms with Crippen LogP contribution in [0, 0.1) is 0 Å². The maximum absolute atomic E-state index is 12.4. The molecule has 2 aromatic rings. The summed E-state index contributed by atoms with van der Waals surface area (Å²) < 4.78 is 32.7. The number of carbonyl (C=O) groups is 1. The molecule has 0 radical (unpaired) electrons. The Morgan fingerprint density at radius 3 is 2.92 bits per heavy atom. The van der Waals surface area contributed by atoms with Gasteiger partial charge in [-0.15, -0.1) is 0 Å². The van der Waals surface area contributed by atoms with Crippen molar-refractivity contribution < 1.29 is 17.9 Å². The van der Waals surface area contributed by atoms with Crippen LogP contribution in [0.15, 0.2) is 47.8 Å². The molecule has 9 heteroatoms. The van der Waals surface area contributed by atoms with E-state index in [9.17, 15) is 13.2 Å². The van der Waals surface area contributed by atoms with E-state index in [1.54, 1.807) is 30.7 Å². The Morgan fingerprint density at radius 2 is 2.19 bits per heavy atom. The van der Waals surface area contributed by atoms with Gasteiger partial charge in [0.15, 0.2) is 0 Å². The van der Waals surface area contributed by atoms with Crippen molar-refractivity contribution in [3.63, 3.8) is 0 Å². The molecule has 0 bridgehead atoms. The molecule has 1 saturated heterocycles. The molecule has 26 heavy (non-hydrogen) atoms. The van der Waals surface area contributed by atoms with Gasteiger partial charge in [0, 0.05) is 49.8 Å². The predicted molar refractivity (Wildman–Crippen MR) is 94.1 cm³/mol. The van der Waals surface area contributed by atoms with Crippen LogP contribution in [0.1, 0.15) is 22.5 Å². The highest BCUT2D eigenvalue weighted by Gasteiger charge is 2.24. The van der Waals surface area contributed by atoms with Gasteiger partial charge in [0.1, 0.15) is 0 Å². The summed E-state index contributed by atoms with van der Waals surface area (Å²) in [7, 11) is -3.69. The number of nitrogens with one attached hydrogen (secondary N) is 2. The van der Waals surface area contributed by atoms with Gasteiger partial charge in [0.2, 0.25) is 10.0 Å². The fraction of sp³-hybridized carbons (Fsp3) is 0.353. The quantitative estimate of drug-likeness (QED) is 0.729. The highest BCUT2D eigenvalue weighted by atomic mass is 32.2. The van der Waals surface area contributed by atoms with E-state index in [2.05, 4.69) is 20.0 Å². The van der Waals surface area contributed by atoms with Crippen LogP contribution in [-0.2, 0) is 21.2 Å². The van der Waals surface area contributed by atoms with Crippen molar-refractivity contribution in [2.45, 2.75) is 23.8 Å². The summed E-state index contributed by atoms with van der Waals surface area (Å²) in [5, 5.41) is 2.76. The van der Waals surface area contributed by atoms with E-state index in [1.165, 1.54) is 12.1 Å². The van der Waals surface area contributed by atoms with E-state index in [1.807, 2.05) is 0 Å². The lowest BCUT2D eigenvalue weighted by molar-refractivity contribution is 0.0954. The second-order valence-corrected chi connectivity index (χ2v) is 7.63. The summed E-state index contributed by atoms with van der Waals surface area (Å²) in [5.74, 6) is -0.338. The summed E-state index contributed by atoms with van der Waals surface area (Å²) in [6.07, 6.45) is 5.99. The molecule has 2 N–H and O–H groups in total. The van der Waals surface area contributed by atoms with Crippen molar-refractivity contribution in [2.24, 2.45) is 0 Å². The van der Waals surface area contributed by atoms with Gasteiger partial charge in [-0.05, 0) is 24.6 Å². The lowest BCUT2D eigenvalue weighted by Crippen LogP contribution is -2.35. The maximum atomic E-state index is 12.4. The Bertz CT molecular complexity index is 852. The number of aromatic nitrogens is 2. The third-order valence-corrected chi connectivity index (χ3v) is 5.46. The Kier molecular flexibility index (Phi) is 5.92. The number of sulfonamides is 1. The molecule has 0 spiro atoms. The number of amides is 1. The molecule has 0 aliphatic carbocycles. The molecule has 0 saturated carbocycles. The molecule has 1 aliphatic rings.